The molecule has 3 aromatic carbocycles. The Labute approximate surface area is 163 Å². The largest absolute Gasteiger partial charge is 0.489 e. The average Bonchev–Trinajstić information content (AvgIpc) is 2.73. The molecule has 3 aromatic rings. The first kappa shape index (κ1) is 19.0. The minimum atomic E-state index is -0.701. The Kier molecular flexibility index (Phi) is 6.62. The maximum Gasteiger partial charge on any atom is 0.332 e. The van der Waals surface area contributed by atoms with Gasteiger partial charge >= 0.3 is 6.03 Å². The van der Waals surface area contributed by atoms with Gasteiger partial charge in [0.2, 0.25) is 0 Å². The predicted molar refractivity (Wildman–Crippen MR) is 108 cm³/mol. The monoisotopic (exact) mass is 375 g/mol. The van der Waals surface area contributed by atoms with Crippen LogP contribution in [0.3, 0.4) is 0 Å². The Morgan fingerprint density at radius 1 is 0.821 bits per heavy atom. The third kappa shape index (κ3) is 6.17. The van der Waals surface area contributed by atoms with Crippen LogP contribution in [0.15, 0.2) is 84.0 Å². The Morgan fingerprint density at radius 3 is 1.93 bits per heavy atom. The van der Waals surface area contributed by atoms with Crippen molar-refractivity contribution in [3.8, 4) is 11.5 Å². The van der Waals surface area contributed by atoms with Crippen LogP contribution in [0.1, 0.15) is 16.7 Å². The average molecular weight is 375 g/mol. The van der Waals surface area contributed by atoms with Gasteiger partial charge in [0.05, 0.1) is 6.21 Å². The molecule has 3 rings (SSSR count). The van der Waals surface area contributed by atoms with Gasteiger partial charge in [-0.25, -0.2) is 10.2 Å². The second kappa shape index (κ2) is 9.78. The number of carbonyl (C=O) groups excluding carboxylic acids is 1. The molecule has 6 nitrogen and oxygen atoms in total. The summed E-state index contributed by atoms with van der Waals surface area (Å²) in [6.07, 6.45) is 1.50. The van der Waals surface area contributed by atoms with E-state index >= 15 is 0 Å². The van der Waals surface area contributed by atoms with Crippen molar-refractivity contribution in [2.75, 3.05) is 0 Å². The summed E-state index contributed by atoms with van der Waals surface area (Å²) < 4.78 is 11.6. The van der Waals surface area contributed by atoms with Gasteiger partial charge < -0.3 is 15.2 Å². The van der Waals surface area contributed by atoms with E-state index in [-0.39, 0.29) is 0 Å². The number of carbonyl (C=O) groups is 1. The molecule has 6 heteroatoms. The molecular formula is C22H21N3O3. The summed E-state index contributed by atoms with van der Waals surface area (Å²) >= 11 is 0. The van der Waals surface area contributed by atoms with E-state index < -0.39 is 6.03 Å². The molecule has 0 radical (unpaired) electrons. The molecule has 2 amide bonds. The van der Waals surface area contributed by atoms with Gasteiger partial charge in [-0.05, 0) is 53.1 Å². The number of hydrazone groups is 1. The molecule has 0 spiro atoms. The van der Waals surface area contributed by atoms with Crippen molar-refractivity contribution in [1.82, 2.24) is 5.43 Å². The first-order chi connectivity index (χ1) is 13.7. The zero-order valence-corrected chi connectivity index (χ0v) is 15.2. The Hall–Kier alpha value is -3.80. The third-order valence-corrected chi connectivity index (χ3v) is 3.85. The molecule has 3 N–H and O–H groups in total. The number of ether oxygens (including phenoxy) is 2. The molecule has 0 aliphatic carbocycles. The number of benzene rings is 3. The second-order valence-corrected chi connectivity index (χ2v) is 6.01. The molecule has 0 saturated heterocycles. The van der Waals surface area contributed by atoms with E-state index in [4.69, 9.17) is 15.2 Å². The van der Waals surface area contributed by atoms with Gasteiger partial charge in [0.1, 0.15) is 24.7 Å². The summed E-state index contributed by atoms with van der Waals surface area (Å²) in [7, 11) is 0. The smallest absolute Gasteiger partial charge is 0.332 e. The SMILES string of the molecule is NC(=O)NN=Cc1ccc(OCc2ccc(OCc3ccccc3)cc2)cc1. The van der Waals surface area contributed by atoms with Gasteiger partial charge in [-0.1, -0.05) is 42.5 Å². The summed E-state index contributed by atoms with van der Waals surface area (Å²) in [5, 5.41) is 3.70. The normalized spacial score (nSPS) is 10.6. The molecule has 0 unspecified atom stereocenters. The van der Waals surface area contributed by atoms with Gasteiger partial charge in [0.25, 0.3) is 0 Å². The summed E-state index contributed by atoms with van der Waals surface area (Å²) in [6.45, 7) is 0.997. The Balaban J connectivity index is 1.46. The van der Waals surface area contributed by atoms with Crippen molar-refractivity contribution < 1.29 is 14.3 Å². The topological polar surface area (TPSA) is 85.9 Å². The van der Waals surface area contributed by atoms with E-state index in [0.29, 0.717) is 13.2 Å². The van der Waals surface area contributed by atoms with Gasteiger partial charge in [-0.2, -0.15) is 5.10 Å². The van der Waals surface area contributed by atoms with Crippen LogP contribution in [0.4, 0.5) is 4.79 Å². The highest BCUT2D eigenvalue weighted by atomic mass is 16.5. The fraction of sp³-hybridized carbons (Fsp3) is 0.0909. The first-order valence-electron chi connectivity index (χ1n) is 8.76. The van der Waals surface area contributed by atoms with Gasteiger partial charge in [-0.15, -0.1) is 0 Å². The molecule has 0 aliphatic heterocycles. The first-order valence-corrected chi connectivity index (χ1v) is 8.76. The lowest BCUT2D eigenvalue weighted by atomic mass is 10.2. The van der Waals surface area contributed by atoms with Crippen molar-refractivity contribution in [3.63, 3.8) is 0 Å². The zero-order valence-electron chi connectivity index (χ0n) is 15.2. The van der Waals surface area contributed by atoms with Crippen LogP contribution < -0.4 is 20.6 Å². The highest BCUT2D eigenvalue weighted by Crippen LogP contribution is 2.17. The number of rotatable bonds is 8. The lowest BCUT2D eigenvalue weighted by Gasteiger charge is -2.09. The molecule has 28 heavy (non-hydrogen) atoms. The predicted octanol–water partition coefficient (Wildman–Crippen LogP) is 3.85. The van der Waals surface area contributed by atoms with Crippen LogP contribution in [0.25, 0.3) is 0 Å². The molecule has 0 heterocycles. The van der Waals surface area contributed by atoms with Crippen LogP contribution >= 0.6 is 0 Å². The van der Waals surface area contributed by atoms with E-state index in [1.807, 2.05) is 78.9 Å². The number of hydrogen-bond acceptors (Lipinski definition) is 4. The highest BCUT2D eigenvalue weighted by molar-refractivity contribution is 5.81. The summed E-state index contributed by atoms with van der Waals surface area (Å²) in [5.74, 6) is 1.56. The van der Waals surface area contributed by atoms with E-state index in [9.17, 15) is 4.79 Å². The van der Waals surface area contributed by atoms with E-state index in [1.165, 1.54) is 6.21 Å². The Morgan fingerprint density at radius 2 is 1.36 bits per heavy atom. The molecular weight excluding hydrogens is 354 g/mol. The van der Waals surface area contributed by atoms with Crippen LogP contribution in [-0.2, 0) is 13.2 Å². The minimum Gasteiger partial charge on any atom is -0.489 e. The lowest BCUT2D eigenvalue weighted by Crippen LogP contribution is -2.24. The quantitative estimate of drug-likeness (QED) is 0.463. The second-order valence-electron chi connectivity index (χ2n) is 6.01. The molecule has 0 atom stereocenters. The van der Waals surface area contributed by atoms with Crippen LogP contribution in [0.5, 0.6) is 11.5 Å². The molecule has 142 valence electrons. The zero-order chi connectivity index (χ0) is 19.6. The van der Waals surface area contributed by atoms with Crippen molar-refractivity contribution in [2.45, 2.75) is 13.2 Å². The summed E-state index contributed by atoms with van der Waals surface area (Å²) in [6, 6.07) is 24.5. The molecule has 0 fully saturated rings. The van der Waals surface area contributed by atoms with Crippen molar-refractivity contribution in [2.24, 2.45) is 10.8 Å². The summed E-state index contributed by atoms with van der Waals surface area (Å²) in [4.78, 5) is 10.6. The number of nitrogens with two attached hydrogens (primary N) is 1. The van der Waals surface area contributed by atoms with Gasteiger partial charge in [-0.3, -0.25) is 0 Å². The number of nitrogens with one attached hydrogen (secondary N) is 1. The van der Waals surface area contributed by atoms with Gasteiger partial charge in [0, 0.05) is 0 Å². The maximum atomic E-state index is 10.6. The summed E-state index contributed by atoms with van der Waals surface area (Å²) in [5.41, 5.74) is 10.1. The van der Waals surface area contributed by atoms with Crippen molar-refractivity contribution in [3.05, 3.63) is 95.6 Å². The van der Waals surface area contributed by atoms with Gasteiger partial charge in [0.15, 0.2) is 0 Å². The van der Waals surface area contributed by atoms with Crippen LogP contribution in [0.2, 0.25) is 0 Å². The number of primary amides is 1. The highest BCUT2D eigenvalue weighted by Gasteiger charge is 1.99. The Bertz CT molecular complexity index is 908. The third-order valence-electron chi connectivity index (χ3n) is 3.85. The maximum absolute atomic E-state index is 10.6. The van der Waals surface area contributed by atoms with Crippen molar-refractivity contribution >= 4 is 12.2 Å². The fourth-order valence-electron chi connectivity index (χ4n) is 2.41. The number of urea groups is 1. The van der Waals surface area contributed by atoms with Crippen molar-refractivity contribution in [1.29, 1.82) is 0 Å². The molecule has 0 saturated carbocycles. The number of amides is 2. The van der Waals surface area contributed by atoms with Crippen LogP contribution in [-0.4, -0.2) is 12.2 Å². The van der Waals surface area contributed by atoms with E-state index in [1.54, 1.807) is 0 Å². The molecule has 0 aliphatic rings. The molecule has 0 bridgehead atoms. The minimum absolute atomic E-state index is 0.454. The van der Waals surface area contributed by atoms with E-state index in [2.05, 4.69) is 10.5 Å². The number of nitrogens with zero attached hydrogens (tertiary/aromatic N) is 1. The number of hydrogen-bond donors (Lipinski definition) is 2. The standard InChI is InChI=1S/C22H21N3O3/c23-22(26)25-24-14-17-6-10-20(11-7-17)28-16-19-8-12-21(13-9-19)27-15-18-4-2-1-3-5-18/h1-14H,15-16H2,(H3,23,25,26). The van der Waals surface area contributed by atoms with E-state index in [0.717, 1.165) is 28.2 Å². The van der Waals surface area contributed by atoms with Crippen LogP contribution in [0, 0.1) is 0 Å². The fourth-order valence-corrected chi connectivity index (χ4v) is 2.41. The lowest BCUT2D eigenvalue weighted by molar-refractivity contribution is 0.249. The molecule has 0 aromatic heterocycles.